The fraction of sp³-hybridized carbons (Fsp3) is 0.100. The van der Waals surface area contributed by atoms with Gasteiger partial charge < -0.3 is 11.1 Å². The number of hydrogen-bond acceptors (Lipinski definition) is 5. The van der Waals surface area contributed by atoms with Crippen molar-refractivity contribution in [3.05, 3.63) is 34.6 Å². The van der Waals surface area contributed by atoms with Crippen molar-refractivity contribution in [1.29, 1.82) is 0 Å². The molecular weight excluding hydrogens is 243 g/mol. The SMILES string of the molecule is Cc1cccc(NC(=O)c2nnc(N)s2)c1F. The van der Waals surface area contributed by atoms with Crippen molar-refractivity contribution in [2.75, 3.05) is 11.1 Å². The van der Waals surface area contributed by atoms with Gasteiger partial charge in [0.05, 0.1) is 5.69 Å². The van der Waals surface area contributed by atoms with Gasteiger partial charge in [0.1, 0.15) is 5.82 Å². The van der Waals surface area contributed by atoms with Gasteiger partial charge in [0.2, 0.25) is 10.1 Å². The van der Waals surface area contributed by atoms with Crippen molar-refractivity contribution in [3.8, 4) is 0 Å². The van der Waals surface area contributed by atoms with Crippen LogP contribution in [0, 0.1) is 12.7 Å². The fourth-order valence-electron chi connectivity index (χ4n) is 1.25. The summed E-state index contributed by atoms with van der Waals surface area (Å²) in [5.41, 5.74) is 5.93. The molecule has 1 aromatic carbocycles. The number of hydrogen-bond donors (Lipinski definition) is 2. The summed E-state index contributed by atoms with van der Waals surface area (Å²) in [5.74, 6) is -0.984. The lowest BCUT2D eigenvalue weighted by Gasteiger charge is -2.05. The van der Waals surface area contributed by atoms with Crippen molar-refractivity contribution >= 4 is 28.1 Å². The summed E-state index contributed by atoms with van der Waals surface area (Å²) in [5, 5.41) is 9.80. The minimum absolute atomic E-state index is 0.100. The summed E-state index contributed by atoms with van der Waals surface area (Å²) in [7, 11) is 0. The zero-order valence-corrected chi connectivity index (χ0v) is 9.71. The largest absolute Gasteiger partial charge is 0.374 e. The molecule has 1 aromatic heterocycles. The number of rotatable bonds is 2. The summed E-state index contributed by atoms with van der Waals surface area (Å²) in [6.45, 7) is 1.62. The van der Waals surface area contributed by atoms with E-state index in [1.165, 1.54) is 6.07 Å². The fourth-order valence-corrected chi connectivity index (χ4v) is 1.75. The van der Waals surface area contributed by atoms with Gasteiger partial charge in [-0.3, -0.25) is 4.79 Å². The Balaban J connectivity index is 2.21. The maximum Gasteiger partial charge on any atom is 0.286 e. The van der Waals surface area contributed by atoms with E-state index in [0.29, 0.717) is 5.56 Å². The molecule has 0 aliphatic heterocycles. The molecule has 0 bridgehead atoms. The summed E-state index contributed by atoms with van der Waals surface area (Å²) < 4.78 is 13.6. The van der Waals surface area contributed by atoms with E-state index >= 15 is 0 Å². The van der Waals surface area contributed by atoms with E-state index in [1.54, 1.807) is 19.1 Å². The number of nitrogens with one attached hydrogen (secondary N) is 1. The summed E-state index contributed by atoms with van der Waals surface area (Å²) in [6.07, 6.45) is 0. The van der Waals surface area contributed by atoms with E-state index in [1.807, 2.05) is 0 Å². The maximum absolute atomic E-state index is 13.6. The molecule has 2 rings (SSSR count). The average Bonchev–Trinajstić information content (AvgIpc) is 2.72. The Morgan fingerprint density at radius 2 is 2.24 bits per heavy atom. The second-order valence-corrected chi connectivity index (χ2v) is 4.35. The Hall–Kier alpha value is -2.02. The lowest BCUT2D eigenvalue weighted by Crippen LogP contribution is -2.13. The van der Waals surface area contributed by atoms with Crippen LogP contribution in [0.1, 0.15) is 15.4 Å². The molecule has 0 saturated heterocycles. The first-order valence-electron chi connectivity index (χ1n) is 4.73. The topological polar surface area (TPSA) is 80.9 Å². The van der Waals surface area contributed by atoms with Crippen LogP contribution < -0.4 is 11.1 Å². The molecule has 0 aliphatic rings. The van der Waals surface area contributed by atoms with Crippen molar-refractivity contribution in [2.45, 2.75) is 6.92 Å². The molecule has 1 amide bonds. The number of halogens is 1. The van der Waals surface area contributed by atoms with Gasteiger partial charge in [0, 0.05) is 0 Å². The minimum atomic E-state index is -0.524. The van der Waals surface area contributed by atoms with E-state index < -0.39 is 11.7 Å². The van der Waals surface area contributed by atoms with Gasteiger partial charge in [0.25, 0.3) is 5.91 Å². The van der Waals surface area contributed by atoms with Crippen molar-refractivity contribution in [2.24, 2.45) is 0 Å². The highest BCUT2D eigenvalue weighted by Gasteiger charge is 2.14. The number of nitrogen functional groups attached to an aromatic ring is 1. The van der Waals surface area contributed by atoms with Crippen LogP contribution in [0.15, 0.2) is 18.2 Å². The van der Waals surface area contributed by atoms with Crippen LogP contribution in [0.5, 0.6) is 0 Å². The van der Waals surface area contributed by atoms with Crippen molar-refractivity contribution in [3.63, 3.8) is 0 Å². The Kier molecular flexibility index (Phi) is 3.01. The van der Waals surface area contributed by atoms with E-state index in [9.17, 15) is 9.18 Å². The molecule has 0 spiro atoms. The summed E-state index contributed by atoms with van der Waals surface area (Å²) in [4.78, 5) is 11.7. The smallest absolute Gasteiger partial charge is 0.286 e. The third-order valence-electron chi connectivity index (χ3n) is 2.07. The average molecular weight is 252 g/mol. The molecule has 0 atom stereocenters. The zero-order valence-electron chi connectivity index (χ0n) is 8.90. The van der Waals surface area contributed by atoms with Crippen molar-refractivity contribution < 1.29 is 9.18 Å². The Bertz CT molecular complexity index is 569. The molecule has 1 heterocycles. The molecule has 0 saturated carbocycles. The molecule has 0 fully saturated rings. The van der Waals surface area contributed by atoms with Crippen LogP contribution in [0.4, 0.5) is 15.2 Å². The lowest BCUT2D eigenvalue weighted by atomic mass is 10.2. The monoisotopic (exact) mass is 252 g/mol. The predicted molar refractivity (Wildman–Crippen MR) is 63.4 cm³/mol. The van der Waals surface area contributed by atoms with Gasteiger partial charge in [0.15, 0.2) is 0 Å². The van der Waals surface area contributed by atoms with Gasteiger partial charge in [-0.05, 0) is 18.6 Å². The van der Waals surface area contributed by atoms with E-state index in [-0.39, 0.29) is 15.8 Å². The highest BCUT2D eigenvalue weighted by Crippen LogP contribution is 2.19. The molecular formula is C10H9FN4OS. The van der Waals surface area contributed by atoms with Crippen LogP contribution >= 0.6 is 11.3 Å². The Labute approximate surface area is 100 Å². The van der Waals surface area contributed by atoms with E-state index in [0.717, 1.165) is 11.3 Å². The summed E-state index contributed by atoms with van der Waals surface area (Å²) in [6, 6.07) is 4.75. The Morgan fingerprint density at radius 3 is 2.88 bits per heavy atom. The van der Waals surface area contributed by atoms with Gasteiger partial charge in [-0.1, -0.05) is 23.5 Å². The quantitative estimate of drug-likeness (QED) is 0.854. The third kappa shape index (κ3) is 2.39. The minimum Gasteiger partial charge on any atom is -0.374 e. The molecule has 0 unspecified atom stereocenters. The predicted octanol–water partition coefficient (Wildman–Crippen LogP) is 1.82. The second kappa shape index (κ2) is 4.46. The highest BCUT2D eigenvalue weighted by atomic mass is 32.1. The molecule has 0 radical (unpaired) electrons. The molecule has 7 heteroatoms. The zero-order chi connectivity index (χ0) is 12.4. The highest BCUT2D eigenvalue weighted by molar-refractivity contribution is 7.16. The Morgan fingerprint density at radius 1 is 1.47 bits per heavy atom. The molecule has 3 N–H and O–H groups in total. The summed E-state index contributed by atoms with van der Waals surface area (Å²) >= 11 is 0.946. The van der Waals surface area contributed by atoms with Crippen LogP contribution in [0.3, 0.4) is 0 Å². The van der Waals surface area contributed by atoms with Gasteiger partial charge in [-0.15, -0.1) is 10.2 Å². The first-order chi connectivity index (χ1) is 8.08. The van der Waals surface area contributed by atoms with Gasteiger partial charge in [-0.25, -0.2) is 4.39 Å². The molecule has 88 valence electrons. The third-order valence-corrected chi connectivity index (χ3v) is 2.83. The first-order valence-corrected chi connectivity index (χ1v) is 5.55. The molecule has 2 aromatic rings. The molecule has 17 heavy (non-hydrogen) atoms. The number of aryl methyl sites for hydroxylation is 1. The molecule has 0 aliphatic carbocycles. The van der Waals surface area contributed by atoms with E-state index in [4.69, 9.17) is 5.73 Å². The number of carbonyl (C=O) groups excluding carboxylic acids is 1. The van der Waals surface area contributed by atoms with Crippen LogP contribution in [0.2, 0.25) is 0 Å². The number of nitrogens with zero attached hydrogens (tertiary/aromatic N) is 2. The number of nitrogens with two attached hydrogens (primary N) is 1. The first kappa shape index (κ1) is 11.5. The number of aromatic nitrogens is 2. The normalized spacial score (nSPS) is 10.2. The maximum atomic E-state index is 13.6. The van der Waals surface area contributed by atoms with Crippen LogP contribution in [-0.4, -0.2) is 16.1 Å². The standard InChI is InChI=1S/C10H9FN4OS/c1-5-3-2-4-6(7(5)11)13-8(16)9-14-15-10(12)17-9/h2-4H,1H3,(H2,12,15)(H,13,16). The van der Waals surface area contributed by atoms with E-state index in [2.05, 4.69) is 15.5 Å². The van der Waals surface area contributed by atoms with Crippen molar-refractivity contribution in [1.82, 2.24) is 10.2 Å². The van der Waals surface area contributed by atoms with Crippen LogP contribution in [-0.2, 0) is 0 Å². The number of benzene rings is 1. The van der Waals surface area contributed by atoms with Gasteiger partial charge >= 0.3 is 0 Å². The lowest BCUT2D eigenvalue weighted by molar-refractivity contribution is 0.102. The van der Waals surface area contributed by atoms with Crippen LogP contribution in [0.25, 0.3) is 0 Å². The number of amides is 1. The second-order valence-electron chi connectivity index (χ2n) is 3.34. The van der Waals surface area contributed by atoms with Gasteiger partial charge in [-0.2, -0.15) is 0 Å². The number of anilines is 2. The number of carbonyl (C=O) groups is 1. The molecule has 5 nitrogen and oxygen atoms in total.